The average molecular weight is 880 g/mol. The minimum atomic E-state index is -0.806. The first-order valence-electron chi connectivity index (χ1n) is 26.7. The normalized spacial score (nSPS) is 13.8. The van der Waals surface area contributed by atoms with E-state index in [2.05, 4.69) is 99.0 Å². The van der Waals surface area contributed by atoms with Crippen LogP contribution in [0.4, 0.5) is 0 Å². The number of rotatable bonds is 47. The molecule has 3 unspecified atom stereocenters. The van der Waals surface area contributed by atoms with Gasteiger partial charge in [0.2, 0.25) is 5.91 Å². The van der Waals surface area contributed by atoms with Crippen molar-refractivity contribution in [3.63, 3.8) is 0 Å². The molecule has 0 aromatic rings. The molecule has 364 valence electrons. The molecule has 1 amide bonds. The van der Waals surface area contributed by atoms with Crippen LogP contribution in [-0.2, 0) is 14.3 Å². The first-order chi connectivity index (χ1) is 31.0. The molecule has 0 spiro atoms. The summed E-state index contributed by atoms with van der Waals surface area (Å²) in [7, 11) is 0. The number of hydrogen-bond donors (Lipinski definition) is 3. The van der Waals surface area contributed by atoms with Gasteiger partial charge in [-0.3, -0.25) is 9.59 Å². The van der Waals surface area contributed by atoms with E-state index in [9.17, 15) is 19.8 Å². The van der Waals surface area contributed by atoms with Crippen molar-refractivity contribution in [3.8, 4) is 0 Å². The van der Waals surface area contributed by atoms with Crippen molar-refractivity contribution in [2.75, 3.05) is 6.61 Å². The molecule has 3 atom stereocenters. The highest BCUT2D eigenvalue weighted by molar-refractivity contribution is 5.77. The summed E-state index contributed by atoms with van der Waals surface area (Å²) >= 11 is 0. The third-order valence-corrected chi connectivity index (χ3v) is 11.8. The molecular formula is C57H101NO5. The summed E-state index contributed by atoms with van der Waals surface area (Å²) in [6, 6.07) is -0.724. The molecule has 6 nitrogen and oxygen atoms in total. The van der Waals surface area contributed by atoms with Gasteiger partial charge in [0.1, 0.15) is 6.10 Å². The number of unbranched alkanes of at least 4 members (excludes halogenated alkanes) is 24. The largest absolute Gasteiger partial charge is 0.462 e. The molecule has 0 fully saturated rings. The molecule has 0 aliphatic carbocycles. The van der Waals surface area contributed by atoms with Crippen LogP contribution in [0.3, 0.4) is 0 Å². The maximum absolute atomic E-state index is 13.2. The Morgan fingerprint density at radius 3 is 1.38 bits per heavy atom. The number of aliphatic hydroxyl groups excluding tert-OH is 2. The van der Waals surface area contributed by atoms with Crippen molar-refractivity contribution in [1.29, 1.82) is 0 Å². The highest BCUT2D eigenvalue weighted by Crippen LogP contribution is 2.17. The maximum Gasteiger partial charge on any atom is 0.306 e. The molecule has 0 radical (unpaired) electrons. The average Bonchev–Trinajstić information content (AvgIpc) is 3.28. The number of allylic oxidation sites excluding steroid dienone is 12. The van der Waals surface area contributed by atoms with E-state index in [1.807, 2.05) is 0 Å². The molecule has 0 saturated carbocycles. The Morgan fingerprint density at radius 2 is 0.873 bits per heavy atom. The monoisotopic (exact) mass is 880 g/mol. The summed E-state index contributed by atoms with van der Waals surface area (Å²) in [5.41, 5.74) is 0. The van der Waals surface area contributed by atoms with Gasteiger partial charge in [0.25, 0.3) is 0 Å². The van der Waals surface area contributed by atoms with Gasteiger partial charge in [0.05, 0.1) is 25.2 Å². The smallest absolute Gasteiger partial charge is 0.306 e. The van der Waals surface area contributed by atoms with Crippen molar-refractivity contribution in [3.05, 3.63) is 72.9 Å². The molecule has 6 heteroatoms. The number of carbonyl (C=O) groups excluding carboxylic acids is 2. The van der Waals surface area contributed by atoms with Gasteiger partial charge >= 0.3 is 5.97 Å². The van der Waals surface area contributed by atoms with Gasteiger partial charge in [-0.1, -0.05) is 222 Å². The molecular weight excluding hydrogens is 779 g/mol. The van der Waals surface area contributed by atoms with Crippen LogP contribution >= 0.6 is 0 Å². The van der Waals surface area contributed by atoms with Crippen molar-refractivity contribution in [1.82, 2.24) is 5.32 Å². The Kier molecular flexibility index (Phi) is 48.1. The maximum atomic E-state index is 13.2. The summed E-state index contributed by atoms with van der Waals surface area (Å²) in [5, 5.41) is 23.8. The van der Waals surface area contributed by atoms with E-state index in [4.69, 9.17) is 4.74 Å². The predicted molar refractivity (Wildman–Crippen MR) is 273 cm³/mol. The summed E-state index contributed by atoms with van der Waals surface area (Å²) in [6.45, 7) is 6.41. The standard InChI is InChI=1S/C57H101NO5/c1-4-7-10-13-16-19-22-25-27-28-30-31-33-36-39-42-45-48-53(63-57(62)50-47-44-41-38-35-32-29-26-23-20-17-14-11-8-5-2)51-56(61)58-54(52-59)55(60)49-46-43-40-37-34-24-21-18-15-12-9-6-3/h16-17,19-20,23,25-27,30-31,36,39,53-55,59-60H,4-15,18,21-22,24,28-29,32-35,37-38,40-52H2,1-3H3,(H,58,61)/b19-16-,20-17+,26-23+,27-25-,31-30-,39-36-. The Morgan fingerprint density at radius 1 is 0.476 bits per heavy atom. The van der Waals surface area contributed by atoms with Crippen LogP contribution in [0.1, 0.15) is 252 Å². The van der Waals surface area contributed by atoms with Crippen molar-refractivity contribution in [2.45, 2.75) is 270 Å². The molecule has 63 heavy (non-hydrogen) atoms. The summed E-state index contributed by atoms with van der Waals surface area (Å²) < 4.78 is 5.91. The minimum absolute atomic E-state index is 0.0330. The van der Waals surface area contributed by atoms with E-state index in [0.29, 0.717) is 19.3 Å². The quantitative estimate of drug-likeness (QED) is 0.0245. The SMILES string of the molecule is CCCCC/C=C\C/C=C\C/C=C\C/C=C\CCCC(CC(=O)NC(CO)C(O)CCCCCCCCCCCCCC)OC(=O)CCCCCCCC/C=C/C=C/CCCCC. The fourth-order valence-electron chi connectivity index (χ4n) is 7.70. The molecule has 0 rings (SSSR count). The fourth-order valence-corrected chi connectivity index (χ4v) is 7.70. The second-order valence-corrected chi connectivity index (χ2v) is 17.9. The van der Waals surface area contributed by atoms with Gasteiger partial charge in [0, 0.05) is 6.42 Å². The van der Waals surface area contributed by atoms with Gasteiger partial charge in [-0.2, -0.15) is 0 Å². The second kappa shape index (κ2) is 50.3. The lowest BCUT2D eigenvalue weighted by Gasteiger charge is -2.24. The Bertz CT molecular complexity index is 1170. The van der Waals surface area contributed by atoms with Crippen LogP contribution in [0.15, 0.2) is 72.9 Å². The van der Waals surface area contributed by atoms with Crippen LogP contribution in [0, 0.1) is 0 Å². The van der Waals surface area contributed by atoms with E-state index < -0.39 is 18.2 Å². The highest BCUT2D eigenvalue weighted by Gasteiger charge is 2.24. The Balaban J connectivity index is 4.72. The molecule has 0 aromatic carbocycles. The Hall–Kier alpha value is -2.70. The topological polar surface area (TPSA) is 95.9 Å². The number of aliphatic hydroxyl groups is 2. The highest BCUT2D eigenvalue weighted by atomic mass is 16.5. The van der Waals surface area contributed by atoms with Crippen molar-refractivity contribution >= 4 is 11.9 Å². The van der Waals surface area contributed by atoms with E-state index in [-0.39, 0.29) is 24.9 Å². The molecule has 3 N–H and O–H groups in total. The third-order valence-electron chi connectivity index (χ3n) is 11.8. The molecule has 0 bridgehead atoms. The van der Waals surface area contributed by atoms with Crippen LogP contribution in [0.5, 0.6) is 0 Å². The lowest BCUT2D eigenvalue weighted by Crippen LogP contribution is -2.46. The van der Waals surface area contributed by atoms with Crippen molar-refractivity contribution in [2.24, 2.45) is 0 Å². The van der Waals surface area contributed by atoms with Gasteiger partial charge in [0.15, 0.2) is 0 Å². The van der Waals surface area contributed by atoms with Gasteiger partial charge in [-0.15, -0.1) is 0 Å². The zero-order chi connectivity index (χ0) is 45.9. The fraction of sp³-hybridized carbons (Fsp3) is 0.754. The van der Waals surface area contributed by atoms with Crippen LogP contribution in [0.2, 0.25) is 0 Å². The van der Waals surface area contributed by atoms with E-state index in [0.717, 1.165) is 77.0 Å². The first kappa shape index (κ1) is 60.3. The minimum Gasteiger partial charge on any atom is -0.462 e. The van der Waals surface area contributed by atoms with Gasteiger partial charge in [-0.05, 0) is 89.9 Å². The molecule has 0 aromatic heterocycles. The molecule has 0 aliphatic heterocycles. The van der Waals surface area contributed by atoms with Crippen LogP contribution in [-0.4, -0.2) is 46.9 Å². The number of amides is 1. The summed E-state index contributed by atoms with van der Waals surface area (Å²) in [6.07, 6.45) is 63.9. The van der Waals surface area contributed by atoms with E-state index in [1.54, 1.807) is 0 Å². The number of hydrogen-bond acceptors (Lipinski definition) is 5. The lowest BCUT2D eigenvalue weighted by atomic mass is 10.0. The van der Waals surface area contributed by atoms with Crippen LogP contribution in [0.25, 0.3) is 0 Å². The lowest BCUT2D eigenvalue weighted by molar-refractivity contribution is -0.151. The summed E-state index contributed by atoms with van der Waals surface area (Å²) in [5.74, 6) is -0.541. The zero-order valence-corrected chi connectivity index (χ0v) is 41.4. The van der Waals surface area contributed by atoms with Crippen LogP contribution < -0.4 is 5.32 Å². The number of ether oxygens (including phenoxy) is 1. The van der Waals surface area contributed by atoms with Crippen molar-refractivity contribution < 1.29 is 24.5 Å². The van der Waals surface area contributed by atoms with Gasteiger partial charge in [-0.25, -0.2) is 0 Å². The summed E-state index contributed by atoms with van der Waals surface area (Å²) in [4.78, 5) is 26.2. The third kappa shape index (κ3) is 45.7. The molecule has 0 heterocycles. The number of nitrogens with one attached hydrogen (secondary N) is 1. The van der Waals surface area contributed by atoms with Gasteiger partial charge < -0.3 is 20.3 Å². The first-order valence-corrected chi connectivity index (χ1v) is 26.7. The molecule has 0 saturated heterocycles. The predicted octanol–water partition coefficient (Wildman–Crippen LogP) is 16.2. The molecule has 0 aliphatic rings. The van der Waals surface area contributed by atoms with E-state index >= 15 is 0 Å². The Labute approximate surface area is 390 Å². The second-order valence-electron chi connectivity index (χ2n) is 17.9. The number of carbonyl (C=O) groups is 2. The zero-order valence-electron chi connectivity index (χ0n) is 41.4. The number of esters is 1. The van der Waals surface area contributed by atoms with E-state index in [1.165, 1.54) is 128 Å².